The number of carbonyl (C=O) groups excluding carboxylic acids is 2. The molecular weight excluding hydrogens is 266 g/mol. The quantitative estimate of drug-likeness (QED) is 0.870. The van der Waals surface area contributed by atoms with E-state index in [1.807, 2.05) is 37.3 Å². The molecule has 1 aromatic carbocycles. The molecule has 0 spiro atoms. The van der Waals surface area contributed by atoms with Crippen molar-refractivity contribution in [2.75, 3.05) is 13.1 Å². The summed E-state index contributed by atoms with van der Waals surface area (Å²) in [5, 5.41) is 2.86. The first kappa shape index (κ1) is 15.5. The standard InChI is InChI=1S/C16H23N3O2/c1-11(15(17)13-6-4-3-5-7-13)16(21)19-9-8-14(10-19)18-12(2)20/h3-7,11,14-15H,8-10,17H2,1-2H3,(H,18,20). The molecule has 3 N–H and O–H groups in total. The third-order valence-corrected chi connectivity index (χ3v) is 4.02. The highest BCUT2D eigenvalue weighted by Crippen LogP contribution is 2.23. The predicted octanol–water partition coefficient (Wildman–Crippen LogP) is 1.06. The summed E-state index contributed by atoms with van der Waals surface area (Å²) in [6, 6.07) is 9.42. The molecule has 21 heavy (non-hydrogen) atoms. The van der Waals surface area contributed by atoms with Gasteiger partial charge in [-0.1, -0.05) is 37.3 Å². The van der Waals surface area contributed by atoms with Crippen molar-refractivity contribution in [2.24, 2.45) is 11.7 Å². The first-order valence-electron chi connectivity index (χ1n) is 7.35. The summed E-state index contributed by atoms with van der Waals surface area (Å²) in [5.74, 6) is -0.272. The molecule has 1 fully saturated rings. The van der Waals surface area contributed by atoms with Crippen LogP contribution in [0.2, 0.25) is 0 Å². The summed E-state index contributed by atoms with van der Waals surface area (Å²) in [6.07, 6.45) is 0.804. The van der Waals surface area contributed by atoms with Crippen LogP contribution in [0.4, 0.5) is 0 Å². The van der Waals surface area contributed by atoms with E-state index in [0.29, 0.717) is 13.1 Å². The van der Waals surface area contributed by atoms with Crippen LogP contribution in [0.5, 0.6) is 0 Å². The van der Waals surface area contributed by atoms with Crippen LogP contribution < -0.4 is 11.1 Å². The van der Waals surface area contributed by atoms with Crippen LogP contribution in [0.15, 0.2) is 30.3 Å². The summed E-state index contributed by atoms with van der Waals surface area (Å²) in [4.78, 5) is 25.4. The molecule has 5 nitrogen and oxygen atoms in total. The summed E-state index contributed by atoms with van der Waals surface area (Å²) >= 11 is 0. The van der Waals surface area contributed by atoms with Crippen LogP contribution in [-0.4, -0.2) is 35.8 Å². The smallest absolute Gasteiger partial charge is 0.227 e. The maximum atomic E-state index is 12.5. The second-order valence-electron chi connectivity index (χ2n) is 5.70. The molecule has 5 heteroatoms. The van der Waals surface area contributed by atoms with Gasteiger partial charge in [0.1, 0.15) is 0 Å². The Morgan fingerprint density at radius 2 is 2.00 bits per heavy atom. The van der Waals surface area contributed by atoms with Gasteiger partial charge in [-0.05, 0) is 12.0 Å². The number of amides is 2. The number of nitrogens with zero attached hydrogens (tertiary/aromatic N) is 1. The molecule has 2 rings (SSSR count). The topological polar surface area (TPSA) is 75.4 Å². The Bertz CT molecular complexity index is 504. The van der Waals surface area contributed by atoms with E-state index < -0.39 is 0 Å². The lowest BCUT2D eigenvalue weighted by molar-refractivity contribution is -0.134. The van der Waals surface area contributed by atoms with Crippen molar-refractivity contribution in [1.29, 1.82) is 0 Å². The first-order chi connectivity index (χ1) is 9.99. The number of nitrogens with one attached hydrogen (secondary N) is 1. The Balaban J connectivity index is 1.95. The molecule has 1 heterocycles. The highest BCUT2D eigenvalue weighted by molar-refractivity contribution is 5.80. The van der Waals surface area contributed by atoms with Crippen molar-refractivity contribution in [3.05, 3.63) is 35.9 Å². The SMILES string of the molecule is CC(=O)NC1CCN(C(=O)C(C)C(N)c2ccccc2)C1. The van der Waals surface area contributed by atoms with Crippen LogP contribution in [0.25, 0.3) is 0 Å². The van der Waals surface area contributed by atoms with Gasteiger partial charge < -0.3 is 16.0 Å². The van der Waals surface area contributed by atoms with E-state index in [2.05, 4.69) is 5.32 Å². The predicted molar refractivity (Wildman–Crippen MR) is 81.3 cm³/mol. The van der Waals surface area contributed by atoms with Crippen molar-refractivity contribution in [1.82, 2.24) is 10.2 Å². The van der Waals surface area contributed by atoms with Gasteiger partial charge in [-0.3, -0.25) is 9.59 Å². The average molecular weight is 289 g/mol. The second-order valence-corrected chi connectivity index (χ2v) is 5.70. The fourth-order valence-corrected chi connectivity index (χ4v) is 2.77. The first-order valence-corrected chi connectivity index (χ1v) is 7.35. The number of carbonyl (C=O) groups is 2. The summed E-state index contributed by atoms with van der Waals surface area (Å²) < 4.78 is 0. The lowest BCUT2D eigenvalue weighted by atomic mass is 9.94. The van der Waals surface area contributed by atoms with Crippen molar-refractivity contribution in [3.63, 3.8) is 0 Å². The van der Waals surface area contributed by atoms with E-state index in [-0.39, 0.29) is 29.8 Å². The summed E-state index contributed by atoms with van der Waals surface area (Å²) in [6.45, 7) is 4.62. The maximum absolute atomic E-state index is 12.5. The fraction of sp³-hybridized carbons (Fsp3) is 0.500. The number of likely N-dealkylation sites (tertiary alicyclic amines) is 1. The zero-order valence-corrected chi connectivity index (χ0v) is 12.6. The van der Waals surface area contributed by atoms with Crippen LogP contribution in [0, 0.1) is 5.92 Å². The third-order valence-electron chi connectivity index (χ3n) is 4.02. The van der Waals surface area contributed by atoms with Gasteiger partial charge in [-0.25, -0.2) is 0 Å². The molecule has 1 aromatic rings. The number of benzene rings is 1. The zero-order valence-electron chi connectivity index (χ0n) is 12.6. The average Bonchev–Trinajstić information content (AvgIpc) is 2.93. The molecule has 1 saturated heterocycles. The third kappa shape index (κ3) is 3.82. The number of nitrogens with two attached hydrogens (primary N) is 1. The number of hydrogen-bond donors (Lipinski definition) is 2. The molecular formula is C16H23N3O2. The fourth-order valence-electron chi connectivity index (χ4n) is 2.77. The molecule has 1 aliphatic heterocycles. The van der Waals surface area contributed by atoms with E-state index in [4.69, 9.17) is 5.73 Å². The van der Waals surface area contributed by atoms with Crippen molar-refractivity contribution < 1.29 is 9.59 Å². The van der Waals surface area contributed by atoms with E-state index >= 15 is 0 Å². The number of rotatable bonds is 4. The molecule has 1 aliphatic rings. The van der Waals surface area contributed by atoms with Gasteiger partial charge in [0.2, 0.25) is 11.8 Å². The molecule has 0 bridgehead atoms. The monoisotopic (exact) mass is 289 g/mol. The molecule has 0 aliphatic carbocycles. The minimum Gasteiger partial charge on any atom is -0.352 e. The van der Waals surface area contributed by atoms with Gasteiger partial charge in [-0.15, -0.1) is 0 Å². The van der Waals surface area contributed by atoms with Crippen LogP contribution in [0.3, 0.4) is 0 Å². The van der Waals surface area contributed by atoms with Gasteiger partial charge in [0, 0.05) is 32.1 Å². The molecule has 0 radical (unpaired) electrons. The molecule has 3 atom stereocenters. The Kier molecular flexibility index (Phi) is 4.96. The Morgan fingerprint density at radius 1 is 1.33 bits per heavy atom. The Labute approximate surface area is 125 Å². The van der Waals surface area contributed by atoms with Crippen molar-refractivity contribution in [3.8, 4) is 0 Å². The van der Waals surface area contributed by atoms with E-state index in [1.54, 1.807) is 4.90 Å². The second kappa shape index (κ2) is 6.72. The minimum absolute atomic E-state index is 0.0525. The normalized spacial score (nSPS) is 20.9. The van der Waals surface area contributed by atoms with Crippen LogP contribution >= 0.6 is 0 Å². The highest BCUT2D eigenvalue weighted by Gasteiger charge is 2.32. The molecule has 0 aromatic heterocycles. The van der Waals surface area contributed by atoms with Gasteiger partial charge in [0.15, 0.2) is 0 Å². The van der Waals surface area contributed by atoms with E-state index in [0.717, 1.165) is 12.0 Å². The Hall–Kier alpha value is -1.88. The summed E-state index contributed by atoms with van der Waals surface area (Å²) in [5.41, 5.74) is 7.17. The van der Waals surface area contributed by atoms with Crippen LogP contribution in [0.1, 0.15) is 31.9 Å². The maximum Gasteiger partial charge on any atom is 0.227 e. The largest absolute Gasteiger partial charge is 0.352 e. The van der Waals surface area contributed by atoms with Gasteiger partial charge in [0.05, 0.1) is 5.92 Å². The highest BCUT2D eigenvalue weighted by atomic mass is 16.2. The van der Waals surface area contributed by atoms with Gasteiger partial charge in [0.25, 0.3) is 0 Å². The minimum atomic E-state index is -0.307. The zero-order chi connectivity index (χ0) is 15.4. The van der Waals surface area contributed by atoms with Gasteiger partial charge in [-0.2, -0.15) is 0 Å². The molecule has 3 unspecified atom stereocenters. The molecule has 0 saturated carbocycles. The lowest BCUT2D eigenvalue weighted by Crippen LogP contribution is -2.41. The molecule has 2 amide bonds. The molecule has 114 valence electrons. The van der Waals surface area contributed by atoms with E-state index in [9.17, 15) is 9.59 Å². The van der Waals surface area contributed by atoms with Crippen molar-refractivity contribution in [2.45, 2.75) is 32.4 Å². The van der Waals surface area contributed by atoms with Crippen molar-refractivity contribution >= 4 is 11.8 Å². The van der Waals surface area contributed by atoms with E-state index in [1.165, 1.54) is 6.92 Å². The number of hydrogen-bond acceptors (Lipinski definition) is 3. The van der Waals surface area contributed by atoms with Crippen LogP contribution in [-0.2, 0) is 9.59 Å². The summed E-state index contributed by atoms with van der Waals surface area (Å²) in [7, 11) is 0. The lowest BCUT2D eigenvalue weighted by Gasteiger charge is -2.25. The Morgan fingerprint density at radius 3 is 2.62 bits per heavy atom. The van der Waals surface area contributed by atoms with Gasteiger partial charge >= 0.3 is 0 Å².